The third kappa shape index (κ3) is 3.82. The highest BCUT2D eigenvalue weighted by atomic mass is 19.1. The molecule has 2 heterocycles. The Bertz CT molecular complexity index is 1190. The molecule has 5 rings (SSSR count). The molecule has 2 aliphatic rings. The van der Waals surface area contributed by atoms with Gasteiger partial charge in [0, 0.05) is 17.8 Å². The molecule has 0 saturated heterocycles. The zero-order chi connectivity index (χ0) is 22.2. The molecular weight excluding hydrogens is 407 g/mol. The number of nitriles is 1. The SMILES string of the molecule is N#Cc1ccc(NC(=O)C(O)[C@H]2C[C@H]3C[C@@H](c4ccnc5ccc(F)cc45)C[C@H]3C2)nc1. The van der Waals surface area contributed by atoms with Crippen LogP contribution in [0.15, 0.2) is 48.8 Å². The van der Waals surface area contributed by atoms with Gasteiger partial charge in [0.25, 0.3) is 5.91 Å². The molecule has 5 atom stereocenters. The van der Waals surface area contributed by atoms with E-state index < -0.39 is 12.0 Å². The van der Waals surface area contributed by atoms with E-state index in [1.807, 2.05) is 12.1 Å². The number of aliphatic hydroxyl groups is 1. The minimum atomic E-state index is -1.09. The van der Waals surface area contributed by atoms with Gasteiger partial charge in [-0.2, -0.15) is 5.26 Å². The summed E-state index contributed by atoms with van der Waals surface area (Å²) in [7, 11) is 0. The fraction of sp³-hybridized carbons (Fsp3) is 0.360. The molecule has 2 N–H and O–H groups in total. The van der Waals surface area contributed by atoms with Crippen molar-refractivity contribution in [3.05, 3.63) is 65.7 Å². The number of carbonyl (C=O) groups is 1. The van der Waals surface area contributed by atoms with Gasteiger partial charge in [-0.15, -0.1) is 0 Å². The predicted molar refractivity (Wildman–Crippen MR) is 117 cm³/mol. The van der Waals surface area contributed by atoms with Crippen molar-refractivity contribution < 1.29 is 14.3 Å². The topological polar surface area (TPSA) is 98.9 Å². The molecule has 2 aliphatic carbocycles. The Morgan fingerprint density at radius 1 is 1.12 bits per heavy atom. The first-order valence-corrected chi connectivity index (χ1v) is 10.9. The fourth-order valence-corrected chi connectivity index (χ4v) is 5.62. The number of benzene rings is 1. The van der Waals surface area contributed by atoms with Gasteiger partial charge >= 0.3 is 0 Å². The van der Waals surface area contributed by atoms with Crippen LogP contribution in [0, 0.1) is 34.9 Å². The van der Waals surface area contributed by atoms with Crippen molar-refractivity contribution >= 4 is 22.6 Å². The number of fused-ring (bicyclic) bond motifs is 2. The predicted octanol–water partition coefficient (Wildman–Crippen LogP) is 4.16. The van der Waals surface area contributed by atoms with Gasteiger partial charge in [-0.25, -0.2) is 9.37 Å². The molecule has 32 heavy (non-hydrogen) atoms. The zero-order valence-corrected chi connectivity index (χ0v) is 17.4. The number of aliphatic hydroxyl groups excluding tert-OH is 1. The summed E-state index contributed by atoms with van der Waals surface area (Å²) in [5.41, 5.74) is 2.36. The van der Waals surface area contributed by atoms with Crippen LogP contribution in [0.5, 0.6) is 0 Å². The van der Waals surface area contributed by atoms with E-state index >= 15 is 0 Å². The molecule has 6 nitrogen and oxygen atoms in total. The number of hydrogen-bond donors (Lipinski definition) is 2. The third-order valence-corrected chi connectivity index (χ3v) is 7.09. The van der Waals surface area contributed by atoms with Gasteiger partial charge < -0.3 is 10.4 Å². The molecule has 1 amide bonds. The number of nitrogens with zero attached hydrogens (tertiary/aromatic N) is 3. The minimum Gasteiger partial charge on any atom is -0.383 e. The van der Waals surface area contributed by atoms with Crippen molar-refractivity contribution in [1.82, 2.24) is 9.97 Å². The maximum Gasteiger partial charge on any atom is 0.254 e. The Labute approximate surface area is 185 Å². The Morgan fingerprint density at radius 3 is 2.59 bits per heavy atom. The smallest absolute Gasteiger partial charge is 0.254 e. The molecule has 2 aromatic heterocycles. The van der Waals surface area contributed by atoms with E-state index in [-0.39, 0.29) is 11.7 Å². The number of pyridine rings is 2. The molecule has 0 spiro atoms. The second kappa shape index (κ2) is 8.29. The highest BCUT2D eigenvalue weighted by molar-refractivity contribution is 5.93. The number of carbonyl (C=O) groups excluding carboxylic acids is 1. The lowest BCUT2D eigenvalue weighted by molar-refractivity contribution is -0.126. The summed E-state index contributed by atoms with van der Waals surface area (Å²) in [6.45, 7) is 0. The summed E-state index contributed by atoms with van der Waals surface area (Å²) < 4.78 is 13.8. The number of halogens is 1. The maximum absolute atomic E-state index is 13.8. The van der Waals surface area contributed by atoms with E-state index in [4.69, 9.17) is 5.26 Å². The van der Waals surface area contributed by atoms with Crippen LogP contribution in [-0.2, 0) is 4.79 Å². The average Bonchev–Trinajstić information content (AvgIpc) is 3.38. The van der Waals surface area contributed by atoms with Crippen LogP contribution in [0.4, 0.5) is 10.2 Å². The number of anilines is 1. The monoisotopic (exact) mass is 430 g/mol. The van der Waals surface area contributed by atoms with Crippen LogP contribution in [0.2, 0.25) is 0 Å². The molecule has 1 aromatic carbocycles. The third-order valence-electron chi connectivity index (χ3n) is 7.09. The van der Waals surface area contributed by atoms with Crippen molar-refractivity contribution in [2.75, 3.05) is 5.32 Å². The molecule has 1 unspecified atom stereocenters. The van der Waals surface area contributed by atoms with E-state index in [1.54, 1.807) is 30.5 Å². The van der Waals surface area contributed by atoms with Crippen LogP contribution in [-0.4, -0.2) is 27.1 Å². The summed E-state index contributed by atoms with van der Waals surface area (Å²) in [6.07, 6.45) is 5.63. The number of amides is 1. The van der Waals surface area contributed by atoms with Gasteiger partial charge in [-0.3, -0.25) is 9.78 Å². The first kappa shape index (κ1) is 20.5. The molecule has 2 saturated carbocycles. The first-order chi connectivity index (χ1) is 15.5. The second-order valence-electron chi connectivity index (χ2n) is 8.96. The summed E-state index contributed by atoms with van der Waals surface area (Å²) in [5, 5.41) is 23.0. The summed E-state index contributed by atoms with van der Waals surface area (Å²) in [6, 6.07) is 11.8. The summed E-state index contributed by atoms with van der Waals surface area (Å²) >= 11 is 0. The number of nitrogens with one attached hydrogen (secondary N) is 1. The highest BCUT2D eigenvalue weighted by Gasteiger charge is 2.45. The Hall–Kier alpha value is -3.37. The molecular formula is C25H23FN4O2. The lowest BCUT2D eigenvalue weighted by Crippen LogP contribution is -2.34. The number of rotatable bonds is 4. The van der Waals surface area contributed by atoms with Gasteiger partial charge in [0.1, 0.15) is 23.8 Å². The van der Waals surface area contributed by atoms with Crippen LogP contribution < -0.4 is 5.32 Å². The van der Waals surface area contributed by atoms with E-state index in [1.165, 1.54) is 12.3 Å². The van der Waals surface area contributed by atoms with Crippen molar-refractivity contribution in [2.24, 2.45) is 17.8 Å². The van der Waals surface area contributed by atoms with E-state index in [2.05, 4.69) is 15.3 Å². The molecule has 3 aromatic rings. The second-order valence-corrected chi connectivity index (χ2v) is 8.96. The fourth-order valence-electron chi connectivity index (χ4n) is 5.62. The van der Waals surface area contributed by atoms with E-state index in [9.17, 15) is 14.3 Å². The quantitative estimate of drug-likeness (QED) is 0.648. The molecule has 162 valence electrons. The van der Waals surface area contributed by atoms with Gasteiger partial charge in [0.15, 0.2) is 0 Å². The first-order valence-electron chi connectivity index (χ1n) is 10.9. The number of aromatic nitrogens is 2. The standard InChI is InChI=1S/C25H23FN4O2/c26-19-2-3-22-21(11-19)20(5-6-28-22)17-7-15-9-18(10-16(15)8-17)24(31)25(32)30-23-4-1-14(12-27)13-29-23/h1-6,11,13,15-18,24,31H,7-10H2,(H,29,30,32)/t15-,16+,17-,18+,24?. The maximum atomic E-state index is 13.8. The van der Waals surface area contributed by atoms with Crippen LogP contribution >= 0.6 is 0 Å². The summed E-state index contributed by atoms with van der Waals surface area (Å²) in [5.74, 6) is 0.746. The molecule has 0 bridgehead atoms. The van der Waals surface area contributed by atoms with Crippen molar-refractivity contribution in [2.45, 2.75) is 37.7 Å². The molecule has 2 fully saturated rings. The zero-order valence-electron chi connectivity index (χ0n) is 17.4. The van der Waals surface area contributed by atoms with Crippen LogP contribution in [0.25, 0.3) is 10.9 Å². The lowest BCUT2D eigenvalue weighted by Gasteiger charge is -2.20. The van der Waals surface area contributed by atoms with Crippen LogP contribution in [0.1, 0.15) is 42.7 Å². The Morgan fingerprint density at radius 2 is 1.91 bits per heavy atom. The Balaban J connectivity index is 1.23. The highest BCUT2D eigenvalue weighted by Crippen LogP contribution is 2.53. The normalized spacial score (nSPS) is 25.3. The van der Waals surface area contributed by atoms with Crippen LogP contribution in [0.3, 0.4) is 0 Å². The van der Waals surface area contributed by atoms with E-state index in [0.717, 1.165) is 42.1 Å². The van der Waals surface area contributed by atoms with Gasteiger partial charge in [0.2, 0.25) is 0 Å². The minimum absolute atomic E-state index is 0.0871. The van der Waals surface area contributed by atoms with Gasteiger partial charge in [0.05, 0.1) is 11.1 Å². The van der Waals surface area contributed by atoms with Crippen molar-refractivity contribution in [3.8, 4) is 6.07 Å². The van der Waals surface area contributed by atoms with Gasteiger partial charge in [-0.05, 0) is 91.3 Å². The van der Waals surface area contributed by atoms with Crippen molar-refractivity contribution in [3.63, 3.8) is 0 Å². The van der Waals surface area contributed by atoms with Gasteiger partial charge in [-0.1, -0.05) is 0 Å². The lowest BCUT2D eigenvalue weighted by atomic mass is 9.89. The summed E-state index contributed by atoms with van der Waals surface area (Å²) in [4.78, 5) is 20.9. The molecule has 0 aliphatic heterocycles. The van der Waals surface area contributed by atoms with E-state index in [0.29, 0.717) is 29.1 Å². The average molecular weight is 430 g/mol. The molecule has 7 heteroatoms. The van der Waals surface area contributed by atoms with Crippen molar-refractivity contribution in [1.29, 1.82) is 5.26 Å². The molecule has 0 radical (unpaired) electrons. The number of hydrogen-bond acceptors (Lipinski definition) is 5. The largest absolute Gasteiger partial charge is 0.383 e. The Kier molecular flexibility index (Phi) is 5.32.